The summed E-state index contributed by atoms with van der Waals surface area (Å²) < 4.78 is 0. The summed E-state index contributed by atoms with van der Waals surface area (Å²) in [6.07, 6.45) is 1.71. The van der Waals surface area contributed by atoms with Gasteiger partial charge < -0.3 is 5.32 Å². The van der Waals surface area contributed by atoms with Crippen LogP contribution in [0.1, 0.15) is 21.6 Å². The van der Waals surface area contributed by atoms with E-state index in [9.17, 15) is 4.79 Å². The Kier molecular flexibility index (Phi) is 3.98. The van der Waals surface area contributed by atoms with Gasteiger partial charge >= 0.3 is 0 Å². The van der Waals surface area contributed by atoms with Gasteiger partial charge in [0.2, 0.25) is 0 Å². The second-order valence-electron chi connectivity index (χ2n) is 5.01. The molecule has 5 heteroatoms. The molecule has 0 aliphatic carbocycles. The molecule has 0 spiro atoms. The van der Waals surface area contributed by atoms with Crippen LogP contribution in [0.5, 0.6) is 0 Å². The first kappa shape index (κ1) is 14.4. The van der Waals surface area contributed by atoms with Gasteiger partial charge in [-0.1, -0.05) is 12.1 Å². The maximum absolute atomic E-state index is 12.3. The van der Waals surface area contributed by atoms with Gasteiger partial charge in [-0.05, 0) is 49.2 Å². The number of carbonyl (C=O) groups is 1. The molecule has 0 aliphatic heterocycles. The summed E-state index contributed by atoms with van der Waals surface area (Å²) in [5, 5.41) is 5.37. The number of nitrogens with one attached hydrogen (secondary N) is 1. The van der Waals surface area contributed by atoms with E-state index < -0.39 is 0 Å². The quantitative estimate of drug-likeness (QED) is 0.793. The van der Waals surface area contributed by atoms with E-state index in [-0.39, 0.29) is 5.91 Å². The molecule has 0 saturated carbocycles. The number of rotatable bonds is 3. The van der Waals surface area contributed by atoms with E-state index in [1.807, 2.05) is 50.2 Å². The molecule has 1 N–H and O–H groups in total. The van der Waals surface area contributed by atoms with Gasteiger partial charge in [0, 0.05) is 17.3 Å². The largest absolute Gasteiger partial charge is 0.321 e. The van der Waals surface area contributed by atoms with Crippen LogP contribution in [0.25, 0.3) is 10.7 Å². The summed E-state index contributed by atoms with van der Waals surface area (Å²) in [6.45, 7) is 4.06. The van der Waals surface area contributed by atoms with Crippen molar-refractivity contribution in [3.05, 3.63) is 64.8 Å². The highest BCUT2D eigenvalue weighted by Gasteiger charge is 2.12. The summed E-state index contributed by atoms with van der Waals surface area (Å²) in [7, 11) is 0. The molecule has 2 aromatic heterocycles. The minimum atomic E-state index is -0.207. The molecule has 22 heavy (non-hydrogen) atoms. The third-order valence-electron chi connectivity index (χ3n) is 3.39. The van der Waals surface area contributed by atoms with Crippen LogP contribution in [-0.2, 0) is 0 Å². The van der Waals surface area contributed by atoms with Gasteiger partial charge in [-0.15, -0.1) is 11.3 Å². The van der Waals surface area contributed by atoms with E-state index in [0.29, 0.717) is 5.69 Å². The zero-order valence-corrected chi connectivity index (χ0v) is 13.1. The number of carbonyl (C=O) groups excluding carboxylic acids is 1. The summed E-state index contributed by atoms with van der Waals surface area (Å²) in [5.74, 6) is -0.207. The number of hydrogen-bond acceptors (Lipinski definition) is 4. The Labute approximate surface area is 132 Å². The predicted molar refractivity (Wildman–Crippen MR) is 89.2 cm³/mol. The number of thiazole rings is 1. The lowest BCUT2D eigenvalue weighted by Gasteiger charge is -2.06. The monoisotopic (exact) mass is 309 g/mol. The van der Waals surface area contributed by atoms with Crippen molar-refractivity contribution in [2.45, 2.75) is 13.8 Å². The van der Waals surface area contributed by atoms with Crippen molar-refractivity contribution in [3.63, 3.8) is 0 Å². The van der Waals surface area contributed by atoms with Crippen LogP contribution in [0, 0.1) is 13.8 Å². The molecule has 0 radical (unpaired) electrons. The lowest BCUT2D eigenvalue weighted by Crippen LogP contribution is -2.12. The number of pyridine rings is 1. The predicted octanol–water partition coefficient (Wildman–Crippen LogP) is 4.07. The van der Waals surface area contributed by atoms with Crippen molar-refractivity contribution in [1.29, 1.82) is 0 Å². The van der Waals surface area contributed by atoms with Crippen LogP contribution in [-0.4, -0.2) is 15.9 Å². The summed E-state index contributed by atoms with van der Waals surface area (Å²) >= 11 is 1.41. The topological polar surface area (TPSA) is 54.9 Å². The number of nitrogens with zero attached hydrogens (tertiary/aromatic N) is 2. The van der Waals surface area contributed by atoms with Crippen molar-refractivity contribution in [2.24, 2.45) is 0 Å². The van der Waals surface area contributed by atoms with Crippen LogP contribution in [0.3, 0.4) is 0 Å². The molecule has 4 nitrogen and oxygen atoms in total. The minimum Gasteiger partial charge on any atom is -0.321 e. The Morgan fingerprint density at radius 3 is 2.73 bits per heavy atom. The first-order valence-electron chi connectivity index (χ1n) is 6.89. The van der Waals surface area contributed by atoms with Gasteiger partial charge in [-0.2, -0.15) is 0 Å². The zero-order valence-electron chi connectivity index (χ0n) is 12.3. The van der Waals surface area contributed by atoms with E-state index in [1.54, 1.807) is 11.6 Å². The van der Waals surface area contributed by atoms with Gasteiger partial charge in [0.25, 0.3) is 5.91 Å². The van der Waals surface area contributed by atoms with Gasteiger partial charge in [-0.3, -0.25) is 9.78 Å². The molecule has 0 atom stereocenters. The fourth-order valence-corrected chi connectivity index (χ4v) is 2.77. The van der Waals surface area contributed by atoms with Gasteiger partial charge in [0.1, 0.15) is 10.7 Å². The molecular weight excluding hydrogens is 294 g/mol. The number of amides is 1. The van der Waals surface area contributed by atoms with Crippen LogP contribution < -0.4 is 5.32 Å². The van der Waals surface area contributed by atoms with Crippen LogP contribution >= 0.6 is 11.3 Å². The van der Waals surface area contributed by atoms with Crippen LogP contribution in [0.15, 0.2) is 48.0 Å². The Hall–Kier alpha value is -2.53. The Balaban J connectivity index is 1.78. The highest BCUT2D eigenvalue weighted by atomic mass is 32.1. The van der Waals surface area contributed by atoms with Crippen molar-refractivity contribution in [2.75, 3.05) is 5.32 Å². The maximum Gasteiger partial charge on any atom is 0.275 e. The molecule has 2 heterocycles. The molecule has 0 unspecified atom stereocenters. The summed E-state index contributed by atoms with van der Waals surface area (Å²) in [4.78, 5) is 20.9. The Morgan fingerprint density at radius 1 is 1.14 bits per heavy atom. The van der Waals surface area contributed by atoms with Crippen molar-refractivity contribution >= 4 is 22.9 Å². The van der Waals surface area contributed by atoms with Crippen molar-refractivity contribution < 1.29 is 4.79 Å². The highest BCUT2D eigenvalue weighted by molar-refractivity contribution is 7.13. The van der Waals surface area contributed by atoms with E-state index in [0.717, 1.165) is 22.0 Å². The molecule has 0 aliphatic rings. The molecule has 1 aromatic carbocycles. The average molecular weight is 309 g/mol. The Bertz CT molecular complexity index is 812. The highest BCUT2D eigenvalue weighted by Crippen LogP contribution is 2.22. The average Bonchev–Trinajstić information content (AvgIpc) is 3.02. The zero-order chi connectivity index (χ0) is 15.5. The smallest absolute Gasteiger partial charge is 0.275 e. The summed E-state index contributed by atoms with van der Waals surface area (Å²) in [5.41, 5.74) is 4.30. The van der Waals surface area contributed by atoms with Gasteiger partial charge in [0.05, 0.1) is 5.69 Å². The lowest BCUT2D eigenvalue weighted by molar-refractivity contribution is 0.102. The fourth-order valence-electron chi connectivity index (χ4n) is 2.00. The molecule has 0 fully saturated rings. The lowest BCUT2D eigenvalue weighted by atomic mass is 10.1. The van der Waals surface area contributed by atoms with Gasteiger partial charge in [-0.25, -0.2) is 4.98 Å². The van der Waals surface area contributed by atoms with Crippen LogP contribution in [0.2, 0.25) is 0 Å². The number of hydrogen-bond donors (Lipinski definition) is 1. The van der Waals surface area contributed by atoms with E-state index >= 15 is 0 Å². The Morgan fingerprint density at radius 2 is 2.00 bits per heavy atom. The molecule has 3 rings (SSSR count). The fraction of sp³-hybridized carbons (Fsp3) is 0.118. The first-order valence-corrected chi connectivity index (χ1v) is 7.77. The standard InChI is InChI=1S/C17H15N3OS/c1-11-6-7-13(9-12(11)2)19-16(21)15-10-22-17(20-15)14-5-3-4-8-18-14/h3-10H,1-2H3,(H,19,21). The number of anilines is 1. The van der Waals surface area contributed by atoms with Crippen LogP contribution in [0.4, 0.5) is 5.69 Å². The van der Waals surface area contributed by atoms with E-state index in [4.69, 9.17) is 0 Å². The second-order valence-corrected chi connectivity index (χ2v) is 5.86. The van der Waals surface area contributed by atoms with Gasteiger partial charge in [0.15, 0.2) is 0 Å². The van der Waals surface area contributed by atoms with E-state index in [2.05, 4.69) is 15.3 Å². The molecule has 0 saturated heterocycles. The summed E-state index contributed by atoms with van der Waals surface area (Å²) in [6, 6.07) is 11.5. The number of aromatic nitrogens is 2. The first-order chi connectivity index (χ1) is 10.6. The van der Waals surface area contributed by atoms with Crippen molar-refractivity contribution in [3.8, 4) is 10.7 Å². The molecular formula is C17H15N3OS. The third-order valence-corrected chi connectivity index (χ3v) is 4.25. The number of aryl methyl sites for hydroxylation is 2. The SMILES string of the molecule is Cc1ccc(NC(=O)c2csc(-c3ccccn3)n2)cc1C. The molecule has 0 bridgehead atoms. The van der Waals surface area contributed by atoms with E-state index in [1.165, 1.54) is 16.9 Å². The third kappa shape index (κ3) is 3.04. The molecule has 110 valence electrons. The number of benzene rings is 1. The minimum absolute atomic E-state index is 0.207. The normalized spacial score (nSPS) is 10.5. The maximum atomic E-state index is 12.3. The molecule has 1 amide bonds. The molecule has 3 aromatic rings. The van der Waals surface area contributed by atoms with Crippen molar-refractivity contribution in [1.82, 2.24) is 9.97 Å². The second kappa shape index (κ2) is 6.07.